The summed E-state index contributed by atoms with van der Waals surface area (Å²) in [6, 6.07) is 6.06. The van der Waals surface area contributed by atoms with Crippen molar-refractivity contribution in [3.8, 4) is 5.75 Å². The number of methoxy groups -OCH3 is 1. The number of carboxylic acid groups (broad SMARTS) is 1. The minimum absolute atomic E-state index is 0.0862. The topological polar surface area (TPSA) is 83.8 Å². The third-order valence-electron chi connectivity index (χ3n) is 3.55. The van der Waals surface area contributed by atoms with E-state index in [9.17, 15) is 19.8 Å². The van der Waals surface area contributed by atoms with Gasteiger partial charge in [-0.2, -0.15) is 0 Å². The summed E-state index contributed by atoms with van der Waals surface area (Å²) in [4.78, 5) is 22.8. The van der Waals surface area contributed by atoms with Crippen LogP contribution in [0.2, 0.25) is 0 Å². The number of carbonyl (C=O) groups excluding carboxylic acids is 1. The van der Waals surface area contributed by atoms with Gasteiger partial charge in [-0.05, 0) is 30.5 Å². The molecule has 0 amide bonds. The minimum Gasteiger partial charge on any atom is -0.508 e. The van der Waals surface area contributed by atoms with E-state index >= 15 is 0 Å². The summed E-state index contributed by atoms with van der Waals surface area (Å²) in [5.74, 6) is -1.60. The number of esters is 1. The second-order valence-corrected chi connectivity index (χ2v) is 4.56. The molecule has 5 heteroatoms. The summed E-state index contributed by atoms with van der Waals surface area (Å²) in [6.07, 6.45) is 0.472. The predicted molar refractivity (Wildman–Crippen MR) is 62.2 cm³/mol. The number of aliphatic carboxylic acids is 1. The fourth-order valence-corrected chi connectivity index (χ4v) is 2.43. The van der Waals surface area contributed by atoms with Gasteiger partial charge in [0.15, 0.2) is 0 Å². The Morgan fingerprint density at radius 3 is 2.28 bits per heavy atom. The molecule has 1 aromatic rings. The van der Waals surface area contributed by atoms with Crippen LogP contribution in [-0.4, -0.2) is 29.3 Å². The van der Waals surface area contributed by atoms with Gasteiger partial charge in [0, 0.05) is 0 Å². The number of rotatable bonds is 3. The number of hydrogen-bond donors (Lipinski definition) is 2. The lowest BCUT2D eigenvalue weighted by molar-refractivity contribution is -0.159. The van der Waals surface area contributed by atoms with Crippen LogP contribution in [0, 0.1) is 5.92 Å². The van der Waals surface area contributed by atoms with Gasteiger partial charge in [0.1, 0.15) is 5.75 Å². The summed E-state index contributed by atoms with van der Waals surface area (Å²) < 4.78 is 4.61. The number of ether oxygens (including phenoxy) is 1. The fraction of sp³-hybridized carbons (Fsp3) is 0.385. The molecule has 2 N–H and O–H groups in total. The molecule has 1 aromatic carbocycles. The Morgan fingerprint density at radius 1 is 1.28 bits per heavy atom. The second kappa shape index (κ2) is 4.33. The van der Waals surface area contributed by atoms with Crippen LogP contribution in [0.15, 0.2) is 24.3 Å². The molecular formula is C13H14O5. The van der Waals surface area contributed by atoms with Crippen LogP contribution in [0.25, 0.3) is 0 Å². The summed E-state index contributed by atoms with van der Waals surface area (Å²) in [5.41, 5.74) is -0.431. The van der Waals surface area contributed by atoms with Gasteiger partial charge in [0.05, 0.1) is 18.4 Å². The highest BCUT2D eigenvalue weighted by Gasteiger charge is 2.54. The molecule has 0 saturated heterocycles. The number of carbonyl (C=O) groups is 2. The third-order valence-corrected chi connectivity index (χ3v) is 3.55. The molecule has 1 aliphatic rings. The highest BCUT2D eigenvalue weighted by Crippen LogP contribution is 2.48. The van der Waals surface area contributed by atoms with E-state index in [-0.39, 0.29) is 30.5 Å². The van der Waals surface area contributed by atoms with E-state index < -0.39 is 11.4 Å². The molecule has 18 heavy (non-hydrogen) atoms. The Bertz CT molecular complexity index is 471. The zero-order valence-corrected chi connectivity index (χ0v) is 9.92. The number of phenols is 1. The van der Waals surface area contributed by atoms with E-state index in [0.29, 0.717) is 5.56 Å². The Kier molecular flexibility index (Phi) is 2.98. The van der Waals surface area contributed by atoms with Gasteiger partial charge in [-0.25, -0.2) is 0 Å². The van der Waals surface area contributed by atoms with Crippen molar-refractivity contribution in [2.24, 2.45) is 5.92 Å². The molecule has 0 spiro atoms. The molecule has 5 nitrogen and oxygen atoms in total. The predicted octanol–water partition coefficient (Wildman–Crippen LogP) is 1.30. The molecule has 0 radical (unpaired) electrons. The molecule has 0 unspecified atom stereocenters. The monoisotopic (exact) mass is 250 g/mol. The number of phenolic OH excluding ortho intramolecular Hbond substituents is 1. The van der Waals surface area contributed by atoms with Gasteiger partial charge >= 0.3 is 11.9 Å². The van der Waals surface area contributed by atoms with Crippen molar-refractivity contribution in [2.45, 2.75) is 18.3 Å². The lowest BCUT2D eigenvalue weighted by atomic mass is 9.58. The van der Waals surface area contributed by atoms with Gasteiger partial charge in [-0.15, -0.1) is 0 Å². The largest absolute Gasteiger partial charge is 0.508 e. The van der Waals surface area contributed by atoms with Crippen LogP contribution in [0.4, 0.5) is 0 Å². The summed E-state index contributed by atoms with van der Waals surface area (Å²) in [6.45, 7) is 0. The minimum atomic E-state index is -1.04. The summed E-state index contributed by atoms with van der Waals surface area (Å²) >= 11 is 0. The standard InChI is InChI=1S/C13H14O5/c1-18-11(15)8-6-13(7-8,12(16)17)9-2-4-10(14)5-3-9/h2-5,8,14H,6-7H2,1H3,(H,16,17). The van der Waals surface area contributed by atoms with Crippen molar-refractivity contribution >= 4 is 11.9 Å². The summed E-state index contributed by atoms with van der Waals surface area (Å²) in [7, 11) is 1.30. The normalized spacial score (nSPS) is 26.2. The maximum absolute atomic E-state index is 11.4. The van der Waals surface area contributed by atoms with Gasteiger partial charge < -0.3 is 14.9 Å². The van der Waals surface area contributed by atoms with Crippen LogP contribution < -0.4 is 0 Å². The van der Waals surface area contributed by atoms with E-state index in [1.165, 1.54) is 19.2 Å². The van der Waals surface area contributed by atoms with E-state index in [1.54, 1.807) is 12.1 Å². The Balaban J connectivity index is 2.24. The van der Waals surface area contributed by atoms with Crippen LogP contribution >= 0.6 is 0 Å². The molecule has 1 aliphatic carbocycles. The molecule has 2 rings (SSSR count). The van der Waals surface area contributed by atoms with Crippen molar-refractivity contribution in [1.29, 1.82) is 0 Å². The lowest BCUT2D eigenvalue weighted by Crippen LogP contribution is -2.50. The van der Waals surface area contributed by atoms with Crippen molar-refractivity contribution in [3.63, 3.8) is 0 Å². The van der Waals surface area contributed by atoms with Crippen molar-refractivity contribution in [1.82, 2.24) is 0 Å². The van der Waals surface area contributed by atoms with Crippen LogP contribution in [0.5, 0.6) is 5.75 Å². The first-order chi connectivity index (χ1) is 8.49. The highest BCUT2D eigenvalue weighted by molar-refractivity contribution is 5.87. The van der Waals surface area contributed by atoms with Crippen LogP contribution in [0.3, 0.4) is 0 Å². The number of aromatic hydroxyl groups is 1. The third kappa shape index (κ3) is 1.81. The van der Waals surface area contributed by atoms with Crippen molar-refractivity contribution in [2.75, 3.05) is 7.11 Å². The van der Waals surface area contributed by atoms with Gasteiger partial charge in [-0.1, -0.05) is 12.1 Å². The molecule has 1 fully saturated rings. The van der Waals surface area contributed by atoms with Crippen molar-refractivity contribution < 1.29 is 24.5 Å². The lowest BCUT2D eigenvalue weighted by Gasteiger charge is -2.43. The average Bonchev–Trinajstić information content (AvgIpc) is 2.29. The Hall–Kier alpha value is -2.04. The molecule has 0 aromatic heterocycles. The molecule has 0 bridgehead atoms. The molecular weight excluding hydrogens is 236 g/mol. The molecule has 96 valence electrons. The molecule has 1 saturated carbocycles. The first kappa shape index (κ1) is 12.4. The zero-order chi connectivity index (χ0) is 13.3. The first-order valence-electron chi connectivity index (χ1n) is 5.60. The summed E-state index contributed by atoms with van der Waals surface area (Å²) in [5, 5.41) is 18.6. The van der Waals surface area contributed by atoms with Crippen LogP contribution in [-0.2, 0) is 19.7 Å². The maximum Gasteiger partial charge on any atom is 0.314 e. The number of hydrogen-bond acceptors (Lipinski definition) is 4. The number of benzene rings is 1. The Labute approximate surface area is 104 Å². The van der Waals surface area contributed by atoms with Gasteiger partial charge in [-0.3, -0.25) is 9.59 Å². The van der Waals surface area contributed by atoms with E-state index in [2.05, 4.69) is 4.74 Å². The zero-order valence-electron chi connectivity index (χ0n) is 9.92. The van der Waals surface area contributed by atoms with E-state index in [1.807, 2.05) is 0 Å². The van der Waals surface area contributed by atoms with E-state index in [4.69, 9.17) is 0 Å². The molecule has 0 aliphatic heterocycles. The van der Waals surface area contributed by atoms with Gasteiger partial charge in [0.2, 0.25) is 0 Å². The second-order valence-electron chi connectivity index (χ2n) is 4.56. The first-order valence-corrected chi connectivity index (χ1v) is 5.60. The van der Waals surface area contributed by atoms with E-state index in [0.717, 1.165) is 0 Å². The quantitative estimate of drug-likeness (QED) is 0.790. The Morgan fingerprint density at radius 2 is 1.83 bits per heavy atom. The van der Waals surface area contributed by atoms with Crippen LogP contribution in [0.1, 0.15) is 18.4 Å². The maximum atomic E-state index is 11.4. The fourth-order valence-electron chi connectivity index (χ4n) is 2.43. The molecule has 0 heterocycles. The average molecular weight is 250 g/mol. The van der Waals surface area contributed by atoms with Crippen molar-refractivity contribution in [3.05, 3.63) is 29.8 Å². The number of carboxylic acids is 1. The SMILES string of the molecule is COC(=O)C1CC(C(=O)O)(c2ccc(O)cc2)C1. The highest BCUT2D eigenvalue weighted by atomic mass is 16.5. The smallest absolute Gasteiger partial charge is 0.314 e. The molecule has 0 atom stereocenters. The van der Waals surface area contributed by atoms with Gasteiger partial charge in [0.25, 0.3) is 0 Å².